The van der Waals surface area contributed by atoms with E-state index >= 15 is 0 Å². The lowest BCUT2D eigenvalue weighted by Crippen LogP contribution is -2.38. The molecule has 148 valence electrons. The lowest BCUT2D eigenvalue weighted by molar-refractivity contribution is 0.0663. The van der Waals surface area contributed by atoms with Gasteiger partial charge in [0.05, 0.1) is 6.54 Å². The molecule has 5 heteroatoms. The van der Waals surface area contributed by atoms with Crippen LogP contribution in [0.3, 0.4) is 0 Å². The number of benzene rings is 1. The fraction of sp³-hybridized carbons (Fsp3) is 0.500. The average Bonchev–Trinajstić information content (AvgIpc) is 3.07. The highest BCUT2D eigenvalue weighted by molar-refractivity contribution is 7.10. The number of aryl methyl sites for hydroxylation is 1. The smallest absolute Gasteiger partial charge is 0.254 e. The highest BCUT2D eigenvalue weighted by Gasteiger charge is 2.23. The number of nitrogens with zero attached hydrogens (tertiary/aromatic N) is 2. The molecule has 27 heavy (non-hydrogen) atoms. The first kappa shape index (κ1) is 21.6. The zero-order valence-corrected chi connectivity index (χ0v) is 17.7. The van der Waals surface area contributed by atoms with Gasteiger partial charge in [-0.1, -0.05) is 19.9 Å². The summed E-state index contributed by atoms with van der Waals surface area (Å²) in [4.78, 5) is 18.6. The summed E-state index contributed by atoms with van der Waals surface area (Å²) in [6.07, 6.45) is 1.97. The zero-order valence-electron chi connectivity index (χ0n) is 16.9. The van der Waals surface area contributed by atoms with Gasteiger partial charge in [0, 0.05) is 16.5 Å². The summed E-state index contributed by atoms with van der Waals surface area (Å²) < 4.78 is 13.6. The second-order valence-electron chi connectivity index (χ2n) is 6.99. The highest BCUT2D eigenvalue weighted by atomic mass is 32.1. The van der Waals surface area contributed by atoms with Crippen LogP contribution in [-0.2, 0) is 6.54 Å². The van der Waals surface area contributed by atoms with Crippen LogP contribution in [0.2, 0.25) is 0 Å². The van der Waals surface area contributed by atoms with Crippen molar-refractivity contribution in [1.29, 1.82) is 0 Å². The largest absolute Gasteiger partial charge is 0.331 e. The molecule has 1 unspecified atom stereocenters. The predicted molar refractivity (Wildman–Crippen MR) is 112 cm³/mol. The Balaban J connectivity index is 2.13. The molecule has 2 aromatic rings. The van der Waals surface area contributed by atoms with Crippen molar-refractivity contribution in [3.8, 4) is 0 Å². The van der Waals surface area contributed by atoms with Gasteiger partial charge in [-0.15, -0.1) is 11.3 Å². The van der Waals surface area contributed by atoms with Crippen LogP contribution in [0.15, 0.2) is 35.7 Å². The second-order valence-corrected chi connectivity index (χ2v) is 7.99. The van der Waals surface area contributed by atoms with E-state index in [1.54, 1.807) is 23.5 Å². The minimum Gasteiger partial charge on any atom is -0.331 e. The summed E-state index contributed by atoms with van der Waals surface area (Å²) in [6.45, 7) is 12.2. The first-order valence-electron chi connectivity index (χ1n) is 9.78. The molecular weight excluding hydrogens is 359 g/mol. The number of rotatable bonds is 10. The molecule has 0 fully saturated rings. The number of thiophene rings is 1. The third-order valence-corrected chi connectivity index (χ3v) is 6.15. The molecule has 0 aliphatic carbocycles. The summed E-state index contributed by atoms with van der Waals surface area (Å²) in [6, 6.07) is 8.18. The Hall–Kier alpha value is -1.72. The Morgan fingerprint density at radius 2 is 1.96 bits per heavy atom. The Morgan fingerprint density at radius 1 is 1.22 bits per heavy atom. The molecular formula is C22H31FN2OS. The van der Waals surface area contributed by atoms with Gasteiger partial charge in [0.2, 0.25) is 0 Å². The standard InChI is InChI=1S/C22H31FN2OS/c1-5-24(6-2)13-8-9-18(4)25(16-21-17(3)12-14-27-21)22(26)19-10-7-11-20(23)15-19/h7,10-12,14-15,18H,5-6,8-9,13,16H2,1-4H3. The van der Waals surface area contributed by atoms with E-state index in [9.17, 15) is 9.18 Å². The van der Waals surface area contributed by atoms with Crippen molar-refractivity contribution in [1.82, 2.24) is 9.80 Å². The maximum atomic E-state index is 13.6. The van der Waals surface area contributed by atoms with Gasteiger partial charge in [-0.2, -0.15) is 0 Å². The topological polar surface area (TPSA) is 23.6 Å². The average molecular weight is 391 g/mol. The van der Waals surface area contributed by atoms with E-state index in [4.69, 9.17) is 0 Å². The summed E-state index contributed by atoms with van der Waals surface area (Å²) in [5.74, 6) is -0.472. The predicted octanol–water partition coefficient (Wildman–Crippen LogP) is 5.35. The SMILES string of the molecule is CCN(CC)CCCC(C)N(Cc1sccc1C)C(=O)c1cccc(F)c1. The fourth-order valence-corrected chi connectivity index (χ4v) is 4.15. The van der Waals surface area contributed by atoms with E-state index in [2.05, 4.69) is 44.0 Å². The quantitative estimate of drug-likeness (QED) is 0.546. The third kappa shape index (κ3) is 6.15. The van der Waals surface area contributed by atoms with Crippen molar-refractivity contribution in [2.45, 2.75) is 53.1 Å². The number of amides is 1. The van der Waals surface area contributed by atoms with E-state index < -0.39 is 0 Å². The molecule has 1 aromatic carbocycles. The number of hydrogen-bond acceptors (Lipinski definition) is 3. The van der Waals surface area contributed by atoms with Crippen LogP contribution in [0.25, 0.3) is 0 Å². The number of hydrogen-bond donors (Lipinski definition) is 0. The van der Waals surface area contributed by atoms with Gasteiger partial charge < -0.3 is 9.80 Å². The lowest BCUT2D eigenvalue weighted by Gasteiger charge is -2.30. The molecule has 0 radical (unpaired) electrons. The molecule has 0 aliphatic heterocycles. The first-order chi connectivity index (χ1) is 13.0. The minimum absolute atomic E-state index is 0.0952. The first-order valence-corrected chi connectivity index (χ1v) is 10.7. The van der Waals surface area contributed by atoms with Gasteiger partial charge in [-0.3, -0.25) is 4.79 Å². The monoisotopic (exact) mass is 390 g/mol. The van der Waals surface area contributed by atoms with Gasteiger partial charge in [0.25, 0.3) is 5.91 Å². The second kappa shape index (κ2) is 10.6. The Kier molecular flexibility index (Phi) is 8.45. The summed E-state index contributed by atoms with van der Waals surface area (Å²) in [7, 11) is 0. The van der Waals surface area contributed by atoms with Crippen LogP contribution in [0, 0.1) is 12.7 Å². The van der Waals surface area contributed by atoms with Gasteiger partial charge in [-0.05, 0) is 81.5 Å². The van der Waals surface area contributed by atoms with E-state index in [1.807, 2.05) is 4.90 Å². The van der Waals surface area contributed by atoms with Crippen molar-refractivity contribution in [3.63, 3.8) is 0 Å². The lowest BCUT2D eigenvalue weighted by atomic mass is 10.1. The molecule has 0 bridgehead atoms. The van der Waals surface area contributed by atoms with Crippen LogP contribution >= 0.6 is 11.3 Å². The fourth-order valence-electron chi connectivity index (χ4n) is 3.24. The van der Waals surface area contributed by atoms with E-state index in [1.165, 1.54) is 22.6 Å². The maximum Gasteiger partial charge on any atom is 0.254 e. The molecule has 1 aromatic heterocycles. The molecule has 1 atom stereocenters. The maximum absolute atomic E-state index is 13.6. The van der Waals surface area contributed by atoms with Crippen LogP contribution in [0.4, 0.5) is 4.39 Å². The molecule has 0 aliphatic rings. The van der Waals surface area contributed by atoms with Gasteiger partial charge in [0.1, 0.15) is 5.82 Å². The van der Waals surface area contributed by atoms with Crippen molar-refractivity contribution < 1.29 is 9.18 Å². The van der Waals surface area contributed by atoms with Crippen LogP contribution in [0.5, 0.6) is 0 Å². The number of halogens is 1. The molecule has 0 saturated carbocycles. The Bertz CT molecular complexity index is 727. The summed E-state index contributed by atoms with van der Waals surface area (Å²) in [5, 5.41) is 2.06. The molecule has 0 saturated heterocycles. The van der Waals surface area contributed by atoms with Gasteiger partial charge in [-0.25, -0.2) is 4.39 Å². The number of carbonyl (C=O) groups is 1. The Morgan fingerprint density at radius 3 is 2.56 bits per heavy atom. The molecule has 3 nitrogen and oxygen atoms in total. The third-order valence-electron chi connectivity index (χ3n) is 5.14. The van der Waals surface area contributed by atoms with Gasteiger partial charge >= 0.3 is 0 Å². The zero-order chi connectivity index (χ0) is 19.8. The molecule has 1 heterocycles. The van der Waals surface area contributed by atoms with E-state index in [0.29, 0.717) is 12.1 Å². The van der Waals surface area contributed by atoms with Crippen molar-refractivity contribution in [3.05, 3.63) is 57.5 Å². The molecule has 1 amide bonds. The van der Waals surface area contributed by atoms with E-state index in [0.717, 1.165) is 32.5 Å². The van der Waals surface area contributed by atoms with Crippen LogP contribution in [0.1, 0.15) is 54.4 Å². The van der Waals surface area contributed by atoms with Crippen LogP contribution in [-0.4, -0.2) is 41.4 Å². The van der Waals surface area contributed by atoms with Crippen molar-refractivity contribution >= 4 is 17.2 Å². The van der Waals surface area contributed by atoms with E-state index in [-0.39, 0.29) is 17.8 Å². The van der Waals surface area contributed by atoms with Gasteiger partial charge in [0.15, 0.2) is 0 Å². The minimum atomic E-state index is -0.373. The summed E-state index contributed by atoms with van der Waals surface area (Å²) >= 11 is 1.67. The summed E-state index contributed by atoms with van der Waals surface area (Å²) in [5.41, 5.74) is 1.62. The van der Waals surface area contributed by atoms with Crippen LogP contribution < -0.4 is 0 Å². The molecule has 2 rings (SSSR count). The highest BCUT2D eigenvalue weighted by Crippen LogP contribution is 2.22. The normalized spacial score (nSPS) is 12.4. The van der Waals surface area contributed by atoms with Crippen molar-refractivity contribution in [2.75, 3.05) is 19.6 Å². The molecule has 0 N–H and O–H groups in total. The number of carbonyl (C=O) groups excluding carboxylic acids is 1. The Labute approximate surface area is 166 Å². The van der Waals surface area contributed by atoms with Crippen molar-refractivity contribution in [2.24, 2.45) is 0 Å². The molecule has 0 spiro atoms.